The van der Waals surface area contributed by atoms with Gasteiger partial charge in [0.2, 0.25) is 5.91 Å². The number of nitrogens with zero attached hydrogens (tertiary/aromatic N) is 2. The number of benzene rings is 2. The van der Waals surface area contributed by atoms with Crippen LogP contribution in [-0.4, -0.2) is 27.9 Å². The highest BCUT2D eigenvalue weighted by atomic mass is 16.2. The zero-order chi connectivity index (χ0) is 18.1. The van der Waals surface area contributed by atoms with E-state index in [1.54, 1.807) is 4.90 Å². The minimum Gasteiger partial charge on any atom is -0.358 e. The Hall–Kier alpha value is -3.10. The van der Waals surface area contributed by atoms with E-state index in [1.807, 2.05) is 54.6 Å². The first-order valence-corrected chi connectivity index (χ1v) is 8.75. The molecule has 0 aliphatic carbocycles. The SMILES string of the molecule is N#C[C@@H]1Cc2ccccc2CN1C(=O)[C@@H](N)Cc1cc2ccccc2[nH]1. The van der Waals surface area contributed by atoms with E-state index in [-0.39, 0.29) is 5.91 Å². The lowest BCUT2D eigenvalue weighted by Gasteiger charge is -2.34. The van der Waals surface area contributed by atoms with Crippen molar-refractivity contribution in [2.75, 3.05) is 0 Å². The molecular formula is C21H20N4O. The van der Waals surface area contributed by atoms with Crippen LogP contribution in [0.4, 0.5) is 0 Å². The largest absolute Gasteiger partial charge is 0.358 e. The molecule has 3 N–H and O–H groups in total. The molecule has 0 saturated heterocycles. The summed E-state index contributed by atoms with van der Waals surface area (Å²) in [6.07, 6.45) is 0.974. The molecule has 2 atom stereocenters. The van der Waals surface area contributed by atoms with E-state index in [0.29, 0.717) is 19.4 Å². The maximum atomic E-state index is 12.9. The molecule has 0 bridgehead atoms. The maximum absolute atomic E-state index is 12.9. The van der Waals surface area contributed by atoms with Crippen LogP contribution in [0.2, 0.25) is 0 Å². The molecule has 26 heavy (non-hydrogen) atoms. The highest BCUT2D eigenvalue weighted by molar-refractivity contribution is 5.84. The number of amides is 1. The predicted octanol–water partition coefficient (Wildman–Crippen LogP) is 2.51. The fourth-order valence-corrected chi connectivity index (χ4v) is 3.65. The number of hydrogen-bond acceptors (Lipinski definition) is 3. The lowest BCUT2D eigenvalue weighted by Crippen LogP contribution is -2.51. The molecule has 0 unspecified atom stereocenters. The van der Waals surface area contributed by atoms with E-state index < -0.39 is 12.1 Å². The standard InChI is InChI=1S/C21H20N4O/c22-12-18-10-14-5-1-2-7-16(14)13-25(18)21(26)19(23)11-17-9-15-6-3-4-8-20(15)24-17/h1-9,18-19,24H,10-11,13,23H2/t18-,19-/m0/s1. The number of aromatic amines is 1. The van der Waals surface area contributed by atoms with Crippen LogP contribution in [0.5, 0.6) is 0 Å². The zero-order valence-electron chi connectivity index (χ0n) is 14.4. The highest BCUT2D eigenvalue weighted by Gasteiger charge is 2.32. The normalized spacial score (nSPS) is 17.5. The minimum absolute atomic E-state index is 0.176. The second-order valence-corrected chi connectivity index (χ2v) is 6.78. The molecule has 130 valence electrons. The third-order valence-corrected chi connectivity index (χ3v) is 5.02. The van der Waals surface area contributed by atoms with Gasteiger partial charge >= 0.3 is 0 Å². The first-order chi connectivity index (χ1) is 12.7. The third kappa shape index (κ3) is 2.96. The number of carbonyl (C=O) groups excluding carboxylic acids is 1. The van der Waals surface area contributed by atoms with Crippen LogP contribution in [0.15, 0.2) is 54.6 Å². The predicted molar refractivity (Wildman–Crippen MR) is 100 cm³/mol. The van der Waals surface area contributed by atoms with Crippen molar-refractivity contribution in [2.45, 2.75) is 31.5 Å². The highest BCUT2D eigenvalue weighted by Crippen LogP contribution is 2.24. The second kappa shape index (κ2) is 6.66. The molecule has 1 aromatic heterocycles. The van der Waals surface area contributed by atoms with Gasteiger partial charge in [0.05, 0.1) is 12.1 Å². The number of para-hydroxylation sites is 1. The summed E-state index contributed by atoms with van der Waals surface area (Å²) in [6.45, 7) is 0.438. The quantitative estimate of drug-likeness (QED) is 0.765. The Morgan fingerprint density at radius 1 is 1.23 bits per heavy atom. The molecule has 0 radical (unpaired) electrons. The molecule has 1 aliphatic rings. The third-order valence-electron chi connectivity index (χ3n) is 5.02. The number of nitrogens with two attached hydrogens (primary N) is 1. The number of fused-ring (bicyclic) bond motifs is 2. The molecule has 1 aliphatic heterocycles. The number of rotatable bonds is 3. The first kappa shape index (κ1) is 16.4. The van der Waals surface area contributed by atoms with Crippen molar-refractivity contribution in [1.29, 1.82) is 5.26 Å². The van der Waals surface area contributed by atoms with Gasteiger partial charge in [-0.1, -0.05) is 42.5 Å². The van der Waals surface area contributed by atoms with Gasteiger partial charge in [-0.05, 0) is 28.6 Å². The van der Waals surface area contributed by atoms with Crippen molar-refractivity contribution < 1.29 is 4.79 Å². The molecule has 3 aromatic rings. The number of hydrogen-bond donors (Lipinski definition) is 2. The van der Waals surface area contributed by atoms with Gasteiger partial charge in [-0.2, -0.15) is 5.26 Å². The Balaban J connectivity index is 1.53. The summed E-state index contributed by atoms with van der Waals surface area (Å²) >= 11 is 0. The van der Waals surface area contributed by atoms with Gasteiger partial charge in [0.15, 0.2) is 0 Å². The average Bonchev–Trinajstić information content (AvgIpc) is 3.08. The number of aromatic nitrogens is 1. The van der Waals surface area contributed by atoms with Crippen molar-refractivity contribution in [1.82, 2.24) is 9.88 Å². The summed E-state index contributed by atoms with van der Waals surface area (Å²) < 4.78 is 0. The van der Waals surface area contributed by atoms with E-state index in [4.69, 9.17) is 5.73 Å². The Labute approximate surface area is 152 Å². The fraction of sp³-hybridized carbons (Fsp3) is 0.238. The van der Waals surface area contributed by atoms with Gasteiger partial charge < -0.3 is 15.6 Å². The number of H-pyrrole nitrogens is 1. The van der Waals surface area contributed by atoms with Gasteiger partial charge in [-0.25, -0.2) is 0 Å². The van der Waals surface area contributed by atoms with Gasteiger partial charge in [0, 0.05) is 30.6 Å². The van der Waals surface area contributed by atoms with Gasteiger partial charge in [-0.15, -0.1) is 0 Å². The summed E-state index contributed by atoms with van der Waals surface area (Å²) in [5, 5.41) is 10.6. The lowest BCUT2D eigenvalue weighted by molar-refractivity contribution is -0.135. The summed E-state index contributed by atoms with van der Waals surface area (Å²) in [5.41, 5.74) is 10.4. The van der Waals surface area contributed by atoms with Crippen molar-refractivity contribution >= 4 is 16.8 Å². The van der Waals surface area contributed by atoms with E-state index in [1.165, 1.54) is 0 Å². The number of nitriles is 1. The van der Waals surface area contributed by atoms with Gasteiger partial charge in [0.25, 0.3) is 0 Å². The Kier molecular flexibility index (Phi) is 4.19. The van der Waals surface area contributed by atoms with E-state index in [2.05, 4.69) is 11.1 Å². The molecule has 2 heterocycles. The summed E-state index contributed by atoms with van der Waals surface area (Å²) in [7, 11) is 0. The number of carbonyl (C=O) groups is 1. The van der Waals surface area contributed by atoms with Crippen molar-refractivity contribution in [2.24, 2.45) is 5.73 Å². The monoisotopic (exact) mass is 344 g/mol. The van der Waals surface area contributed by atoms with Crippen molar-refractivity contribution in [3.8, 4) is 6.07 Å². The Morgan fingerprint density at radius 3 is 2.73 bits per heavy atom. The minimum atomic E-state index is -0.677. The van der Waals surface area contributed by atoms with Crippen LogP contribution in [0.1, 0.15) is 16.8 Å². The molecule has 5 heteroatoms. The van der Waals surface area contributed by atoms with Crippen LogP contribution >= 0.6 is 0 Å². The van der Waals surface area contributed by atoms with Crippen molar-refractivity contribution in [3.05, 3.63) is 71.4 Å². The Morgan fingerprint density at radius 2 is 1.96 bits per heavy atom. The summed E-state index contributed by atoms with van der Waals surface area (Å²) in [5.74, 6) is -0.176. The Bertz CT molecular complexity index is 967. The summed E-state index contributed by atoms with van der Waals surface area (Å²) in [6, 6.07) is 19.1. The van der Waals surface area contributed by atoms with Gasteiger partial charge in [-0.3, -0.25) is 4.79 Å². The lowest BCUT2D eigenvalue weighted by atomic mass is 9.93. The molecule has 0 saturated carbocycles. The maximum Gasteiger partial charge on any atom is 0.241 e. The van der Waals surface area contributed by atoms with E-state index >= 15 is 0 Å². The summed E-state index contributed by atoms with van der Waals surface area (Å²) in [4.78, 5) is 17.9. The van der Waals surface area contributed by atoms with Crippen molar-refractivity contribution in [3.63, 3.8) is 0 Å². The van der Waals surface area contributed by atoms with E-state index in [0.717, 1.165) is 27.7 Å². The second-order valence-electron chi connectivity index (χ2n) is 6.78. The zero-order valence-corrected chi connectivity index (χ0v) is 14.4. The molecule has 0 spiro atoms. The molecule has 5 nitrogen and oxygen atoms in total. The first-order valence-electron chi connectivity index (χ1n) is 8.75. The van der Waals surface area contributed by atoms with Crippen LogP contribution in [0.25, 0.3) is 10.9 Å². The van der Waals surface area contributed by atoms with Crippen LogP contribution in [0.3, 0.4) is 0 Å². The van der Waals surface area contributed by atoms with Crippen LogP contribution < -0.4 is 5.73 Å². The average molecular weight is 344 g/mol. The number of nitrogens with one attached hydrogen (secondary N) is 1. The van der Waals surface area contributed by atoms with Gasteiger partial charge in [0.1, 0.15) is 6.04 Å². The van der Waals surface area contributed by atoms with E-state index in [9.17, 15) is 10.1 Å². The smallest absolute Gasteiger partial charge is 0.241 e. The van der Waals surface area contributed by atoms with Crippen LogP contribution in [0, 0.1) is 11.3 Å². The molecular weight excluding hydrogens is 324 g/mol. The molecule has 1 amide bonds. The van der Waals surface area contributed by atoms with Crippen LogP contribution in [-0.2, 0) is 24.2 Å². The molecule has 2 aromatic carbocycles. The fourth-order valence-electron chi connectivity index (χ4n) is 3.65. The molecule has 0 fully saturated rings. The topological polar surface area (TPSA) is 85.9 Å². The molecule has 4 rings (SSSR count).